The van der Waals surface area contributed by atoms with Gasteiger partial charge in [-0.05, 0) is 33.6 Å². The van der Waals surface area contributed by atoms with Crippen LogP contribution < -0.4 is 0 Å². The van der Waals surface area contributed by atoms with Crippen molar-refractivity contribution in [3.8, 4) is 6.07 Å². The van der Waals surface area contributed by atoms with Crippen LogP contribution in [-0.2, 0) is 11.2 Å². The Labute approximate surface area is 113 Å². The number of amides is 1. The summed E-state index contributed by atoms with van der Waals surface area (Å²) in [6, 6.07) is 2.33. The molecule has 0 radical (unpaired) electrons. The summed E-state index contributed by atoms with van der Waals surface area (Å²) in [6.07, 6.45) is 2.14. The lowest BCUT2D eigenvalue weighted by molar-refractivity contribution is -0.132. The minimum absolute atomic E-state index is 0.0915. The van der Waals surface area contributed by atoms with Crippen LogP contribution in [0.5, 0.6) is 0 Å². The lowest BCUT2D eigenvalue weighted by Crippen LogP contribution is -2.44. The second-order valence-corrected chi connectivity index (χ2v) is 5.68. The zero-order valence-electron chi connectivity index (χ0n) is 11.8. The largest absolute Gasteiger partial charge is 0.341 e. The van der Waals surface area contributed by atoms with Gasteiger partial charge in [0.15, 0.2) is 0 Å². The van der Waals surface area contributed by atoms with Gasteiger partial charge in [-0.15, -0.1) is 0 Å². The molecule has 102 valence electrons. The van der Waals surface area contributed by atoms with Crippen LogP contribution in [0.2, 0.25) is 0 Å². The smallest absolute Gasteiger partial charge is 0.227 e. The maximum Gasteiger partial charge on any atom is 0.227 e. The predicted molar refractivity (Wildman–Crippen MR) is 71.3 cm³/mol. The number of aryl methyl sites for hydroxylation is 2. The lowest BCUT2D eigenvalue weighted by atomic mass is 9.83. The summed E-state index contributed by atoms with van der Waals surface area (Å²) < 4.78 is 0. The maximum atomic E-state index is 12.3. The van der Waals surface area contributed by atoms with Crippen LogP contribution in [0.25, 0.3) is 0 Å². The molecule has 1 fully saturated rings. The fourth-order valence-corrected chi connectivity index (χ4v) is 2.64. The summed E-state index contributed by atoms with van der Waals surface area (Å²) in [5, 5.41) is 16.2. The van der Waals surface area contributed by atoms with Crippen molar-refractivity contribution in [2.45, 2.75) is 40.0 Å². The third-order valence-electron chi connectivity index (χ3n) is 3.93. The summed E-state index contributed by atoms with van der Waals surface area (Å²) in [7, 11) is 0. The average molecular weight is 260 g/mol. The van der Waals surface area contributed by atoms with Crippen LogP contribution in [0, 0.1) is 30.6 Å². The minimum Gasteiger partial charge on any atom is -0.341 e. The van der Waals surface area contributed by atoms with Crippen molar-refractivity contribution in [1.82, 2.24) is 15.1 Å². The van der Waals surface area contributed by atoms with Gasteiger partial charge in [0.2, 0.25) is 5.91 Å². The number of aromatic amines is 1. The molecule has 5 nitrogen and oxygen atoms in total. The molecule has 1 saturated heterocycles. The third kappa shape index (κ3) is 2.78. The fourth-order valence-electron chi connectivity index (χ4n) is 2.64. The molecule has 1 aliphatic heterocycles. The Kier molecular flexibility index (Phi) is 3.61. The molecule has 1 N–H and O–H groups in total. The van der Waals surface area contributed by atoms with Crippen molar-refractivity contribution < 1.29 is 4.79 Å². The monoisotopic (exact) mass is 260 g/mol. The first kappa shape index (κ1) is 13.6. The molecule has 1 aromatic heterocycles. The standard InChI is InChI=1S/C14H20N4O/c1-10-12(11(2)17-16-10)7-13(19)18-6-4-5-14(3,8-15)9-18/h4-7,9H2,1-3H3,(H,16,17)/t14-/m1/s1. The molecule has 0 saturated carbocycles. The van der Waals surface area contributed by atoms with Crippen molar-refractivity contribution in [3.05, 3.63) is 17.0 Å². The van der Waals surface area contributed by atoms with Gasteiger partial charge in [0.05, 0.1) is 23.6 Å². The second kappa shape index (κ2) is 5.04. The Balaban J connectivity index is 2.07. The zero-order chi connectivity index (χ0) is 14.0. The first-order valence-corrected chi connectivity index (χ1v) is 6.65. The van der Waals surface area contributed by atoms with E-state index >= 15 is 0 Å². The van der Waals surface area contributed by atoms with E-state index in [0.717, 1.165) is 36.3 Å². The van der Waals surface area contributed by atoms with Gasteiger partial charge >= 0.3 is 0 Å². The first-order chi connectivity index (χ1) is 8.95. The van der Waals surface area contributed by atoms with E-state index in [0.29, 0.717) is 13.0 Å². The first-order valence-electron chi connectivity index (χ1n) is 6.65. The molecule has 1 aromatic rings. The van der Waals surface area contributed by atoms with Gasteiger partial charge in [-0.2, -0.15) is 10.4 Å². The van der Waals surface area contributed by atoms with Crippen molar-refractivity contribution in [2.24, 2.45) is 5.41 Å². The zero-order valence-corrected chi connectivity index (χ0v) is 11.8. The van der Waals surface area contributed by atoms with Crippen molar-refractivity contribution in [1.29, 1.82) is 5.26 Å². The summed E-state index contributed by atoms with van der Waals surface area (Å²) in [5.74, 6) is 0.0915. The predicted octanol–water partition coefficient (Wildman–Crippen LogP) is 1.72. The molecule has 19 heavy (non-hydrogen) atoms. The Bertz CT molecular complexity index is 509. The average Bonchev–Trinajstić information content (AvgIpc) is 2.70. The van der Waals surface area contributed by atoms with E-state index in [1.165, 1.54) is 0 Å². The molecule has 1 aliphatic rings. The Morgan fingerprint density at radius 1 is 1.58 bits per heavy atom. The number of piperidine rings is 1. The molecular weight excluding hydrogens is 240 g/mol. The highest BCUT2D eigenvalue weighted by Gasteiger charge is 2.33. The van der Waals surface area contributed by atoms with E-state index in [4.69, 9.17) is 0 Å². The second-order valence-electron chi connectivity index (χ2n) is 5.68. The number of carbonyl (C=O) groups is 1. The highest BCUT2D eigenvalue weighted by molar-refractivity contribution is 5.79. The number of rotatable bonds is 2. The Morgan fingerprint density at radius 3 is 2.89 bits per heavy atom. The molecule has 0 unspecified atom stereocenters. The molecule has 0 aromatic carbocycles. The van der Waals surface area contributed by atoms with Gasteiger partial charge in [-0.1, -0.05) is 0 Å². The molecule has 1 amide bonds. The van der Waals surface area contributed by atoms with E-state index in [1.54, 1.807) is 0 Å². The quantitative estimate of drug-likeness (QED) is 0.880. The molecular formula is C14H20N4O. The topological polar surface area (TPSA) is 72.8 Å². The fraction of sp³-hybridized carbons (Fsp3) is 0.643. The molecule has 5 heteroatoms. The van der Waals surface area contributed by atoms with Crippen molar-refractivity contribution in [2.75, 3.05) is 13.1 Å². The number of nitrogens with one attached hydrogen (secondary N) is 1. The number of nitriles is 1. The van der Waals surface area contributed by atoms with Gasteiger partial charge in [0, 0.05) is 24.3 Å². The summed E-state index contributed by atoms with van der Waals surface area (Å²) in [4.78, 5) is 14.2. The van der Waals surface area contributed by atoms with E-state index < -0.39 is 5.41 Å². The van der Waals surface area contributed by atoms with E-state index in [-0.39, 0.29) is 5.91 Å². The van der Waals surface area contributed by atoms with E-state index in [2.05, 4.69) is 16.3 Å². The van der Waals surface area contributed by atoms with Crippen LogP contribution >= 0.6 is 0 Å². The number of H-pyrrole nitrogens is 1. The minimum atomic E-state index is -0.394. The van der Waals surface area contributed by atoms with Crippen LogP contribution in [0.3, 0.4) is 0 Å². The van der Waals surface area contributed by atoms with E-state index in [1.807, 2.05) is 25.7 Å². The lowest BCUT2D eigenvalue weighted by Gasteiger charge is -2.36. The Hall–Kier alpha value is -1.83. The molecule has 0 spiro atoms. The molecule has 2 heterocycles. The molecule has 0 bridgehead atoms. The number of aromatic nitrogens is 2. The summed E-state index contributed by atoms with van der Waals surface area (Å²) in [6.45, 7) is 7.06. The normalized spacial score (nSPS) is 23.2. The number of hydrogen-bond acceptors (Lipinski definition) is 3. The maximum absolute atomic E-state index is 12.3. The number of likely N-dealkylation sites (tertiary alicyclic amines) is 1. The van der Waals surface area contributed by atoms with Gasteiger partial charge < -0.3 is 4.90 Å². The molecule has 0 aliphatic carbocycles. The van der Waals surface area contributed by atoms with Gasteiger partial charge in [-0.25, -0.2) is 0 Å². The van der Waals surface area contributed by atoms with Gasteiger partial charge in [-0.3, -0.25) is 9.89 Å². The van der Waals surface area contributed by atoms with Crippen molar-refractivity contribution in [3.63, 3.8) is 0 Å². The van der Waals surface area contributed by atoms with Crippen LogP contribution in [0.1, 0.15) is 36.7 Å². The van der Waals surface area contributed by atoms with Crippen LogP contribution in [0.4, 0.5) is 0 Å². The molecule has 1 atom stereocenters. The Morgan fingerprint density at radius 2 is 2.32 bits per heavy atom. The van der Waals surface area contributed by atoms with Crippen molar-refractivity contribution >= 4 is 5.91 Å². The van der Waals surface area contributed by atoms with Gasteiger partial charge in [0.1, 0.15) is 0 Å². The summed E-state index contributed by atoms with van der Waals surface area (Å²) >= 11 is 0. The molecule has 2 rings (SSSR count). The third-order valence-corrected chi connectivity index (χ3v) is 3.93. The highest BCUT2D eigenvalue weighted by atomic mass is 16.2. The summed E-state index contributed by atoms with van der Waals surface area (Å²) in [5.41, 5.74) is 2.42. The van der Waals surface area contributed by atoms with Gasteiger partial charge in [0.25, 0.3) is 0 Å². The SMILES string of the molecule is Cc1n[nH]c(C)c1CC(=O)N1CCC[C@](C)(C#N)C1. The number of nitrogens with zero attached hydrogens (tertiary/aromatic N) is 3. The van der Waals surface area contributed by atoms with Crippen LogP contribution in [-0.4, -0.2) is 34.1 Å². The number of carbonyl (C=O) groups excluding carboxylic acids is 1. The number of hydrogen-bond donors (Lipinski definition) is 1. The van der Waals surface area contributed by atoms with E-state index in [9.17, 15) is 10.1 Å². The highest BCUT2D eigenvalue weighted by Crippen LogP contribution is 2.28. The van der Waals surface area contributed by atoms with Crippen LogP contribution in [0.15, 0.2) is 0 Å².